The van der Waals surface area contributed by atoms with Gasteiger partial charge in [0.1, 0.15) is 5.75 Å². The average Bonchev–Trinajstić information content (AvgIpc) is 2.46. The first-order valence-corrected chi connectivity index (χ1v) is 7.24. The lowest BCUT2D eigenvalue weighted by Gasteiger charge is -2.36. The maximum atomic E-state index is 5.76. The molecule has 3 heteroatoms. The normalized spacial score (nSPS) is 19.4. The zero-order chi connectivity index (χ0) is 13.8. The summed E-state index contributed by atoms with van der Waals surface area (Å²) in [7, 11) is 1.75. The van der Waals surface area contributed by atoms with Crippen molar-refractivity contribution in [3.8, 4) is 5.75 Å². The maximum Gasteiger partial charge on any atom is 0.123 e. The monoisotopic (exact) mass is 262 g/mol. The van der Waals surface area contributed by atoms with Crippen molar-refractivity contribution in [1.82, 2.24) is 4.90 Å². The summed E-state index contributed by atoms with van der Waals surface area (Å²) in [5, 5.41) is 0. The minimum Gasteiger partial charge on any atom is -0.496 e. The van der Waals surface area contributed by atoms with Crippen LogP contribution in [0, 0.1) is 12.8 Å². The quantitative estimate of drug-likeness (QED) is 0.906. The number of methoxy groups -OCH3 is 1. The van der Waals surface area contributed by atoms with Crippen LogP contribution in [0.25, 0.3) is 0 Å². The van der Waals surface area contributed by atoms with E-state index in [-0.39, 0.29) is 0 Å². The molecule has 0 aromatic heterocycles. The lowest BCUT2D eigenvalue weighted by atomic mass is 9.94. The van der Waals surface area contributed by atoms with Crippen molar-refractivity contribution in [2.45, 2.75) is 32.7 Å². The Bertz CT molecular complexity index is 411. The smallest absolute Gasteiger partial charge is 0.123 e. The topological polar surface area (TPSA) is 38.5 Å². The number of rotatable bonds is 4. The third-order valence-electron chi connectivity index (χ3n) is 4.37. The van der Waals surface area contributed by atoms with Crippen LogP contribution in [-0.2, 0) is 0 Å². The first-order chi connectivity index (χ1) is 9.15. The minimum absolute atomic E-state index is 0.411. The van der Waals surface area contributed by atoms with Crippen molar-refractivity contribution >= 4 is 0 Å². The second-order valence-corrected chi connectivity index (χ2v) is 5.64. The number of aryl methyl sites for hydroxylation is 1. The molecule has 2 N–H and O–H groups in total. The Morgan fingerprint density at radius 1 is 1.37 bits per heavy atom. The molecule has 3 nitrogen and oxygen atoms in total. The van der Waals surface area contributed by atoms with E-state index in [4.69, 9.17) is 10.5 Å². The van der Waals surface area contributed by atoms with Gasteiger partial charge in [0.2, 0.25) is 0 Å². The molecular formula is C16H26N2O. The van der Waals surface area contributed by atoms with Crippen LogP contribution in [0.15, 0.2) is 18.2 Å². The number of nitrogens with zero attached hydrogens (tertiary/aromatic N) is 1. The van der Waals surface area contributed by atoms with Crippen molar-refractivity contribution in [1.29, 1.82) is 0 Å². The van der Waals surface area contributed by atoms with Gasteiger partial charge in [0, 0.05) is 11.6 Å². The summed E-state index contributed by atoms with van der Waals surface area (Å²) in [6, 6.07) is 6.84. The molecule has 1 aliphatic rings. The van der Waals surface area contributed by atoms with Crippen molar-refractivity contribution in [2.75, 3.05) is 26.7 Å². The van der Waals surface area contributed by atoms with Crippen LogP contribution in [0.1, 0.15) is 36.9 Å². The van der Waals surface area contributed by atoms with Crippen molar-refractivity contribution in [3.05, 3.63) is 29.3 Å². The van der Waals surface area contributed by atoms with Crippen LogP contribution in [0.5, 0.6) is 5.75 Å². The van der Waals surface area contributed by atoms with E-state index in [1.54, 1.807) is 7.11 Å². The number of hydrogen-bond acceptors (Lipinski definition) is 3. The zero-order valence-corrected chi connectivity index (χ0v) is 12.4. The Morgan fingerprint density at radius 2 is 2.05 bits per heavy atom. The lowest BCUT2D eigenvalue weighted by molar-refractivity contribution is 0.142. The molecule has 19 heavy (non-hydrogen) atoms. The van der Waals surface area contributed by atoms with E-state index in [1.165, 1.54) is 24.0 Å². The number of piperidine rings is 1. The van der Waals surface area contributed by atoms with Gasteiger partial charge in [-0.25, -0.2) is 0 Å². The standard InChI is InChI=1S/C16H26N2O/c1-12-4-5-16(19-3)15(10-12)13(2)18-8-6-14(11-17)7-9-18/h4-5,10,13-14H,6-9,11,17H2,1-3H3. The fourth-order valence-corrected chi connectivity index (χ4v) is 2.95. The molecule has 1 aliphatic heterocycles. The van der Waals surface area contributed by atoms with Crippen LogP contribution >= 0.6 is 0 Å². The molecule has 106 valence electrons. The number of ether oxygens (including phenoxy) is 1. The summed E-state index contributed by atoms with van der Waals surface area (Å²) in [5.41, 5.74) is 8.35. The molecule has 0 saturated carbocycles. The second kappa shape index (κ2) is 6.40. The SMILES string of the molecule is COc1ccc(C)cc1C(C)N1CCC(CN)CC1. The van der Waals surface area contributed by atoms with E-state index in [2.05, 4.69) is 36.9 Å². The zero-order valence-electron chi connectivity index (χ0n) is 12.4. The molecule has 1 saturated heterocycles. The van der Waals surface area contributed by atoms with Gasteiger partial charge in [0.15, 0.2) is 0 Å². The van der Waals surface area contributed by atoms with E-state index in [1.807, 2.05) is 0 Å². The van der Waals surface area contributed by atoms with E-state index >= 15 is 0 Å². The highest BCUT2D eigenvalue weighted by Crippen LogP contribution is 2.32. The number of hydrogen-bond donors (Lipinski definition) is 1. The van der Waals surface area contributed by atoms with Gasteiger partial charge in [0.05, 0.1) is 7.11 Å². The number of likely N-dealkylation sites (tertiary alicyclic amines) is 1. The van der Waals surface area contributed by atoms with Crippen molar-refractivity contribution < 1.29 is 4.74 Å². The molecule has 2 rings (SSSR count). The largest absolute Gasteiger partial charge is 0.496 e. The van der Waals surface area contributed by atoms with Gasteiger partial charge in [-0.05, 0) is 58.3 Å². The molecule has 0 amide bonds. The predicted molar refractivity (Wildman–Crippen MR) is 79.5 cm³/mol. The Balaban J connectivity index is 2.11. The van der Waals surface area contributed by atoms with Crippen LogP contribution in [-0.4, -0.2) is 31.6 Å². The van der Waals surface area contributed by atoms with E-state index in [0.29, 0.717) is 12.0 Å². The van der Waals surface area contributed by atoms with Crippen molar-refractivity contribution in [3.63, 3.8) is 0 Å². The summed E-state index contributed by atoms with van der Waals surface area (Å²) in [6.45, 7) is 7.52. The number of nitrogens with two attached hydrogens (primary N) is 1. The Morgan fingerprint density at radius 3 is 2.63 bits per heavy atom. The molecule has 1 aromatic carbocycles. The van der Waals surface area contributed by atoms with Crippen LogP contribution < -0.4 is 10.5 Å². The van der Waals surface area contributed by atoms with Gasteiger partial charge in [-0.3, -0.25) is 4.90 Å². The summed E-state index contributed by atoms with van der Waals surface area (Å²) in [5.74, 6) is 1.71. The van der Waals surface area contributed by atoms with E-state index in [0.717, 1.165) is 25.4 Å². The van der Waals surface area contributed by atoms with Gasteiger partial charge < -0.3 is 10.5 Å². The van der Waals surface area contributed by atoms with Crippen molar-refractivity contribution in [2.24, 2.45) is 11.7 Å². The summed E-state index contributed by atoms with van der Waals surface area (Å²) in [6.07, 6.45) is 2.43. The Labute approximate surface area is 116 Å². The molecule has 0 aliphatic carbocycles. The Hall–Kier alpha value is -1.06. The molecule has 1 atom stereocenters. The highest BCUT2D eigenvalue weighted by Gasteiger charge is 2.24. The fraction of sp³-hybridized carbons (Fsp3) is 0.625. The molecule has 1 unspecified atom stereocenters. The van der Waals surface area contributed by atoms with Gasteiger partial charge in [-0.1, -0.05) is 17.7 Å². The van der Waals surface area contributed by atoms with Gasteiger partial charge in [0.25, 0.3) is 0 Å². The van der Waals surface area contributed by atoms with Gasteiger partial charge in [-0.2, -0.15) is 0 Å². The molecule has 1 fully saturated rings. The third kappa shape index (κ3) is 3.28. The second-order valence-electron chi connectivity index (χ2n) is 5.64. The van der Waals surface area contributed by atoms with Crippen LogP contribution in [0.4, 0.5) is 0 Å². The molecule has 1 heterocycles. The minimum atomic E-state index is 0.411. The summed E-state index contributed by atoms with van der Waals surface area (Å²) < 4.78 is 5.51. The summed E-state index contributed by atoms with van der Waals surface area (Å²) >= 11 is 0. The Kier molecular flexibility index (Phi) is 4.83. The van der Waals surface area contributed by atoms with Crippen LogP contribution in [0.2, 0.25) is 0 Å². The first-order valence-electron chi connectivity index (χ1n) is 7.24. The fourth-order valence-electron chi connectivity index (χ4n) is 2.95. The molecular weight excluding hydrogens is 236 g/mol. The van der Waals surface area contributed by atoms with E-state index in [9.17, 15) is 0 Å². The summed E-state index contributed by atoms with van der Waals surface area (Å²) in [4.78, 5) is 2.55. The maximum absolute atomic E-state index is 5.76. The van der Waals surface area contributed by atoms with Gasteiger partial charge in [-0.15, -0.1) is 0 Å². The van der Waals surface area contributed by atoms with Crippen LogP contribution in [0.3, 0.4) is 0 Å². The molecule has 1 aromatic rings. The molecule has 0 spiro atoms. The highest BCUT2D eigenvalue weighted by molar-refractivity contribution is 5.39. The third-order valence-corrected chi connectivity index (χ3v) is 4.37. The van der Waals surface area contributed by atoms with Gasteiger partial charge >= 0.3 is 0 Å². The highest BCUT2D eigenvalue weighted by atomic mass is 16.5. The average molecular weight is 262 g/mol. The number of benzene rings is 1. The van der Waals surface area contributed by atoms with E-state index < -0.39 is 0 Å². The first kappa shape index (κ1) is 14.4. The predicted octanol–water partition coefficient (Wildman–Crippen LogP) is 2.74. The lowest BCUT2D eigenvalue weighted by Crippen LogP contribution is -2.37. The molecule has 0 bridgehead atoms. The molecule has 0 radical (unpaired) electrons.